The molecular weight excluding hydrogens is 312 g/mol. The predicted molar refractivity (Wildman–Crippen MR) is 80.5 cm³/mol. The van der Waals surface area contributed by atoms with Gasteiger partial charge in [0.1, 0.15) is 0 Å². The first-order chi connectivity index (χ1) is 8.52. The van der Waals surface area contributed by atoms with E-state index in [2.05, 4.69) is 28.0 Å². The zero-order chi connectivity index (χ0) is 13.3. The van der Waals surface area contributed by atoms with E-state index in [0.717, 1.165) is 23.1 Å². The fourth-order valence-corrected chi connectivity index (χ4v) is 3.96. The first-order valence-corrected chi connectivity index (χ1v) is 8.14. The van der Waals surface area contributed by atoms with Crippen LogP contribution < -0.4 is 0 Å². The summed E-state index contributed by atoms with van der Waals surface area (Å²) in [5.74, 6) is 1.58. The van der Waals surface area contributed by atoms with Gasteiger partial charge in [-0.15, -0.1) is 0 Å². The Morgan fingerprint density at radius 1 is 1.44 bits per heavy atom. The minimum Gasteiger partial charge on any atom is -0.271 e. The third-order valence-corrected chi connectivity index (χ3v) is 5.99. The van der Waals surface area contributed by atoms with Gasteiger partial charge in [0, 0.05) is 11.9 Å². The zero-order valence-corrected chi connectivity index (χ0v) is 13.8. The third-order valence-electron chi connectivity index (χ3n) is 4.29. The van der Waals surface area contributed by atoms with E-state index >= 15 is 0 Å². The summed E-state index contributed by atoms with van der Waals surface area (Å²) in [5.41, 5.74) is 2.14. The monoisotopic (exact) mass is 332 g/mol. The lowest BCUT2D eigenvalue weighted by atomic mass is 9.78. The van der Waals surface area contributed by atoms with Crippen LogP contribution in [0.3, 0.4) is 0 Å². The maximum atomic E-state index is 6.35. The lowest BCUT2D eigenvalue weighted by molar-refractivity contribution is 0.268. The van der Waals surface area contributed by atoms with Gasteiger partial charge in [0.15, 0.2) is 0 Å². The summed E-state index contributed by atoms with van der Waals surface area (Å²) < 4.78 is 1.95. The van der Waals surface area contributed by atoms with Crippen molar-refractivity contribution in [1.82, 2.24) is 9.78 Å². The Bertz CT molecular complexity index is 416. The highest BCUT2D eigenvalue weighted by Gasteiger charge is 2.29. The molecule has 18 heavy (non-hydrogen) atoms. The molecule has 1 heterocycles. The van der Waals surface area contributed by atoms with Gasteiger partial charge >= 0.3 is 0 Å². The van der Waals surface area contributed by atoms with Crippen molar-refractivity contribution in [2.45, 2.75) is 50.8 Å². The molecule has 1 fully saturated rings. The third kappa shape index (κ3) is 2.93. The summed E-state index contributed by atoms with van der Waals surface area (Å²) in [6.45, 7) is 4.28. The summed E-state index contributed by atoms with van der Waals surface area (Å²) >= 11 is 10.2. The zero-order valence-electron chi connectivity index (χ0n) is 11.4. The average Bonchev–Trinajstić information content (AvgIpc) is 2.58. The molecule has 0 radical (unpaired) electrons. The smallest absolute Gasteiger partial charge is 0.0847 e. The molecule has 0 aromatic carbocycles. The summed E-state index contributed by atoms with van der Waals surface area (Å²) in [6.07, 6.45) is 6.31. The van der Waals surface area contributed by atoms with E-state index < -0.39 is 0 Å². The quantitative estimate of drug-likeness (QED) is 0.744. The minimum absolute atomic E-state index is 0.631. The molecule has 1 aromatic rings. The summed E-state index contributed by atoms with van der Waals surface area (Å²) in [7, 11) is 2.00. The molecule has 1 saturated carbocycles. The van der Waals surface area contributed by atoms with Crippen molar-refractivity contribution in [2.24, 2.45) is 18.9 Å². The van der Waals surface area contributed by atoms with Crippen LogP contribution in [-0.2, 0) is 13.5 Å². The van der Waals surface area contributed by atoms with E-state index in [9.17, 15) is 0 Å². The average molecular weight is 334 g/mol. The van der Waals surface area contributed by atoms with Crippen molar-refractivity contribution in [3.63, 3.8) is 0 Å². The van der Waals surface area contributed by atoms with E-state index in [-0.39, 0.29) is 0 Å². The van der Waals surface area contributed by atoms with Crippen LogP contribution in [0.4, 0.5) is 0 Å². The van der Waals surface area contributed by atoms with Crippen LogP contribution in [0.15, 0.2) is 0 Å². The van der Waals surface area contributed by atoms with Gasteiger partial charge in [0.25, 0.3) is 0 Å². The van der Waals surface area contributed by atoms with Crippen LogP contribution >= 0.6 is 27.5 Å². The lowest BCUT2D eigenvalue weighted by Crippen LogP contribution is -2.27. The second-order valence-electron chi connectivity index (χ2n) is 5.54. The number of alkyl halides is 1. The van der Waals surface area contributed by atoms with E-state index in [1.54, 1.807) is 0 Å². The number of nitrogens with zero attached hydrogens (tertiary/aromatic N) is 2. The van der Waals surface area contributed by atoms with Crippen molar-refractivity contribution >= 4 is 27.5 Å². The van der Waals surface area contributed by atoms with Gasteiger partial charge in [0.2, 0.25) is 0 Å². The van der Waals surface area contributed by atoms with E-state index in [0.29, 0.717) is 10.7 Å². The number of hydrogen-bond acceptors (Lipinski definition) is 1. The molecule has 0 spiro atoms. The largest absolute Gasteiger partial charge is 0.271 e. The molecule has 3 atom stereocenters. The molecular formula is C14H22BrClN2. The molecule has 3 unspecified atom stereocenters. The predicted octanol–water partition coefficient (Wildman–Crippen LogP) is 4.51. The van der Waals surface area contributed by atoms with Crippen LogP contribution in [0.1, 0.15) is 44.0 Å². The normalized spacial score (nSPS) is 28.6. The Balaban J connectivity index is 2.11. The van der Waals surface area contributed by atoms with Crippen molar-refractivity contribution < 1.29 is 0 Å². The van der Waals surface area contributed by atoms with Gasteiger partial charge in [0.05, 0.1) is 16.4 Å². The highest BCUT2D eigenvalue weighted by molar-refractivity contribution is 9.09. The van der Waals surface area contributed by atoms with Crippen LogP contribution in [0.2, 0.25) is 5.02 Å². The van der Waals surface area contributed by atoms with Crippen molar-refractivity contribution in [1.29, 1.82) is 0 Å². The molecule has 1 aliphatic carbocycles. The number of aryl methyl sites for hydroxylation is 2. The molecule has 2 nitrogen and oxygen atoms in total. The molecule has 102 valence electrons. The number of rotatable bonds is 3. The van der Waals surface area contributed by atoms with Crippen LogP contribution in [0.5, 0.6) is 0 Å². The standard InChI is InChI=1S/C14H22BrClN2/c1-4-10-5-6-12(15)11(7-10)8-13-14(16)9(2)17-18(13)3/h10-12H,4-8H2,1-3H3. The van der Waals surface area contributed by atoms with Gasteiger partial charge in [-0.05, 0) is 44.4 Å². The molecule has 0 bridgehead atoms. The molecule has 0 saturated heterocycles. The summed E-state index contributed by atoms with van der Waals surface area (Å²) in [5, 5.41) is 5.27. The number of hydrogen-bond donors (Lipinski definition) is 0. The lowest BCUT2D eigenvalue weighted by Gasteiger charge is -2.33. The fraction of sp³-hybridized carbons (Fsp3) is 0.786. The Labute approximate surface area is 123 Å². The number of halogens is 2. The fourth-order valence-electron chi connectivity index (χ4n) is 3.06. The first kappa shape index (κ1) is 14.4. The van der Waals surface area contributed by atoms with Crippen molar-refractivity contribution in [3.05, 3.63) is 16.4 Å². The van der Waals surface area contributed by atoms with E-state index in [4.69, 9.17) is 11.6 Å². The number of aromatic nitrogens is 2. The Kier molecular flexibility index (Phi) is 4.76. The molecule has 2 rings (SSSR count). The Morgan fingerprint density at radius 2 is 2.17 bits per heavy atom. The Hall–Kier alpha value is -0.0200. The van der Waals surface area contributed by atoms with Crippen LogP contribution in [-0.4, -0.2) is 14.6 Å². The Morgan fingerprint density at radius 3 is 2.72 bits per heavy atom. The highest BCUT2D eigenvalue weighted by Crippen LogP contribution is 2.38. The summed E-state index contributed by atoms with van der Waals surface area (Å²) in [6, 6.07) is 0. The SMILES string of the molecule is CCC1CCC(Br)C(Cc2c(Cl)c(C)nn2C)C1. The van der Waals surface area contributed by atoms with Crippen molar-refractivity contribution in [3.8, 4) is 0 Å². The van der Waals surface area contributed by atoms with Crippen molar-refractivity contribution in [2.75, 3.05) is 0 Å². The maximum Gasteiger partial charge on any atom is 0.0847 e. The van der Waals surface area contributed by atoms with Crippen LogP contribution in [0.25, 0.3) is 0 Å². The molecule has 1 aliphatic rings. The van der Waals surface area contributed by atoms with E-state index in [1.165, 1.54) is 31.4 Å². The molecule has 0 N–H and O–H groups in total. The minimum atomic E-state index is 0.631. The van der Waals surface area contributed by atoms with Gasteiger partial charge in [-0.3, -0.25) is 4.68 Å². The molecule has 4 heteroatoms. The summed E-state index contributed by atoms with van der Waals surface area (Å²) in [4.78, 5) is 0.631. The van der Waals surface area contributed by atoms with Gasteiger partial charge in [-0.25, -0.2) is 0 Å². The topological polar surface area (TPSA) is 17.8 Å². The second kappa shape index (κ2) is 5.96. The molecule has 0 amide bonds. The molecule has 1 aromatic heterocycles. The first-order valence-electron chi connectivity index (χ1n) is 6.85. The van der Waals surface area contributed by atoms with Gasteiger partial charge in [-0.1, -0.05) is 40.9 Å². The van der Waals surface area contributed by atoms with Gasteiger partial charge < -0.3 is 0 Å². The maximum absolute atomic E-state index is 6.35. The van der Waals surface area contributed by atoms with Crippen LogP contribution in [0, 0.1) is 18.8 Å². The molecule has 0 aliphatic heterocycles. The van der Waals surface area contributed by atoms with E-state index in [1.807, 2.05) is 18.7 Å². The van der Waals surface area contributed by atoms with Gasteiger partial charge in [-0.2, -0.15) is 5.10 Å². The second-order valence-corrected chi connectivity index (χ2v) is 7.09. The highest BCUT2D eigenvalue weighted by atomic mass is 79.9.